The maximum absolute atomic E-state index is 2.41. The Labute approximate surface area is 124 Å². The highest BCUT2D eigenvalue weighted by atomic mass is 127. The summed E-state index contributed by atoms with van der Waals surface area (Å²) in [7, 11) is -1.46. The Hall–Kier alpha value is -0.873. The Morgan fingerprint density at radius 2 is 1.50 bits per heavy atom. The van der Waals surface area contributed by atoms with Crippen molar-refractivity contribution in [2.45, 2.75) is 13.1 Å². The molecule has 2 aromatic carbocycles. The van der Waals surface area contributed by atoms with Gasteiger partial charge in [-0.2, -0.15) is 0 Å². The molecule has 0 heterocycles. The summed E-state index contributed by atoms with van der Waals surface area (Å²) in [4.78, 5) is 0. The normalized spacial score (nSPS) is 11.9. The van der Waals surface area contributed by atoms with E-state index in [0.29, 0.717) is 0 Å². The van der Waals surface area contributed by atoms with Gasteiger partial charge < -0.3 is 0 Å². The molecule has 2 aromatic rings. The van der Waals surface area contributed by atoms with Crippen LogP contribution in [0, 0.1) is 3.57 Å². The van der Waals surface area contributed by atoms with Crippen LogP contribution in [-0.4, -0.2) is 8.07 Å². The van der Waals surface area contributed by atoms with Crippen molar-refractivity contribution in [1.82, 2.24) is 0 Å². The molecule has 0 saturated carbocycles. The summed E-state index contributed by atoms with van der Waals surface area (Å²) in [5.41, 5.74) is 3.69. The van der Waals surface area contributed by atoms with Crippen molar-refractivity contribution in [1.29, 1.82) is 0 Å². The van der Waals surface area contributed by atoms with Gasteiger partial charge in [0.25, 0.3) is 0 Å². The van der Waals surface area contributed by atoms with Crippen molar-refractivity contribution in [2.75, 3.05) is 0 Å². The van der Waals surface area contributed by atoms with E-state index in [9.17, 15) is 0 Å². The predicted octanol–water partition coefficient (Wildman–Crippen LogP) is 4.46. The Morgan fingerprint density at radius 3 is 2.11 bits per heavy atom. The van der Waals surface area contributed by atoms with Crippen LogP contribution in [0.3, 0.4) is 0 Å². The van der Waals surface area contributed by atoms with Crippen LogP contribution in [0.15, 0.2) is 60.3 Å². The van der Waals surface area contributed by atoms with Crippen LogP contribution >= 0.6 is 22.6 Å². The molecule has 92 valence electrons. The Balaban J connectivity index is 2.20. The van der Waals surface area contributed by atoms with Crippen molar-refractivity contribution >= 4 is 41.9 Å². The van der Waals surface area contributed by atoms with Crippen LogP contribution in [0.5, 0.6) is 0 Å². The molecule has 0 spiro atoms. The minimum Gasteiger partial charge on any atom is -0.0897 e. The molecule has 0 aliphatic rings. The van der Waals surface area contributed by atoms with Crippen LogP contribution < -0.4 is 5.19 Å². The second kappa shape index (κ2) is 5.84. The molecule has 0 aromatic heterocycles. The third kappa shape index (κ3) is 3.56. The zero-order chi connectivity index (χ0) is 13.0. The topological polar surface area (TPSA) is 0 Å². The molecule has 0 atom stereocenters. The molecular weight excluding hydrogens is 347 g/mol. The average molecular weight is 364 g/mol. The molecule has 0 amide bonds. The lowest BCUT2D eigenvalue weighted by molar-refractivity contribution is 1.61. The third-order valence-electron chi connectivity index (χ3n) is 3.08. The monoisotopic (exact) mass is 364 g/mol. The number of halogens is 1. The summed E-state index contributed by atoms with van der Waals surface area (Å²) in [6.07, 6.45) is 2.26. The molecule has 0 nitrogen and oxygen atoms in total. The second-order valence-corrected chi connectivity index (χ2v) is 10.6. The van der Waals surface area contributed by atoms with Gasteiger partial charge in [0, 0.05) is 3.57 Å². The summed E-state index contributed by atoms with van der Waals surface area (Å²) in [6, 6.07) is 19.5. The van der Waals surface area contributed by atoms with Crippen LogP contribution in [-0.2, 0) is 0 Å². The molecule has 0 saturated heterocycles. The van der Waals surface area contributed by atoms with E-state index in [2.05, 4.69) is 102 Å². The number of hydrogen-bond acceptors (Lipinski definition) is 0. The smallest absolute Gasteiger partial charge is 0.0897 e. The lowest BCUT2D eigenvalue weighted by Crippen LogP contribution is -2.39. The fourth-order valence-corrected chi connectivity index (χ4v) is 4.06. The summed E-state index contributed by atoms with van der Waals surface area (Å²) in [6.45, 7) is 4.76. The first-order chi connectivity index (χ1) is 8.58. The van der Waals surface area contributed by atoms with E-state index in [4.69, 9.17) is 0 Å². The van der Waals surface area contributed by atoms with E-state index in [1.54, 1.807) is 0 Å². The molecule has 0 N–H and O–H groups in total. The zero-order valence-electron chi connectivity index (χ0n) is 10.7. The van der Waals surface area contributed by atoms with Gasteiger partial charge in [-0.05, 0) is 40.3 Å². The predicted molar refractivity (Wildman–Crippen MR) is 91.8 cm³/mol. The summed E-state index contributed by atoms with van der Waals surface area (Å²) < 4.78 is 1.28. The highest BCUT2D eigenvalue weighted by Crippen LogP contribution is 2.11. The van der Waals surface area contributed by atoms with Crippen molar-refractivity contribution in [3.63, 3.8) is 0 Å². The van der Waals surface area contributed by atoms with Gasteiger partial charge in [-0.3, -0.25) is 0 Å². The van der Waals surface area contributed by atoms with E-state index < -0.39 is 8.07 Å². The standard InChI is InChI=1S/C16H17ISi/c1-18(2,16-6-4-3-5-7-16)13-12-14-8-10-15(17)11-9-14/h3-13H,1-2H3/b13-12+. The van der Waals surface area contributed by atoms with Gasteiger partial charge in [-0.25, -0.2) is 0 Å². The summed E-state index contributed by atoms with van der Waals surface area (Å²) in [5.74, 6) is 0. The minimum atomic E-state index is -1.46. The van der Waals surface area contributed by atoms with Gasteiger partial charge in [0.1, 0.15) is 8.07 Å². The third-order valence-corrected chi connectivity index (χ3v) is 6.62. The Kier molecular flexibility index (Phi) is 4.40. The molecule has 0 radical (unpaired) electrons. The van der Waals surface area contributed by atoms with E-state index >= 15 is 0 Å². The van der Waals surface area contributed by atoms with Gasteiger partial charge in [0.2, 0.25) is 0 Å². The van der Waals surface area contributed by atoms with E-state index in [0.717, 1.165) is 0 Å². The molecule has 0 aliphatic heterocycles. The van der Waals surface area contributed by atoms with Crippen LogP contribution in [0.2, 0.25) is 13.1 Å². The van der Waals surface area contributed by atoms with Gasteiger partial charge >= 0.3 is 0 Å². The molecule has 0 fully saturated rings. The largest absolute Gasteiger partial charge is 0.104 e. The number of rotatable bonds is 3. The lowest BCUT2D eigenvalue weighted by atomic mass is 10.2. The van der Waals surface area contributed by atoms with Crippen molar-refractivity contribution in [3.05, 3.63) is 69.4 Å². The first kappa shape index (κ1) is 13.6. The van der Waals surface area contributed by atoms with Gasteiger partial charge in [0.05, 0.1) is 0 Å². The Morgan fingerprint density at radius 1 is 0.889 bits per heavy atom. The van der Waals surface area contributed by atoms with Crippen LogP contribution in [0.25, 0.3) is 6.08 Å². The molecular formula is C16H17ISi. The first-order valence-electron chi connectivity index (χ1n) is 6.08. The Bertz CT molecular complexity index is 527. The molecule has 0 aliphatic carbocycles. The molecule has 2 heteroatoms. The maximum Gasteiger partial charge on any atom is 0.104 e. The number of benzene rings is 2. The first-order valence-corrected chi connectivity index (χ1v) is 10.2. The minimum absolute atomic E-state index is 1.28. The zero-order valence-corrected chi connectivity index (χ0v) is 13.9. The molecule has 2 rings (SSSR count). The van der Waals surface area contributed by atoms with Crippen LogP contribution in [0.4, 0.5) is 0 Å². The van der Waals surface area contributed by atoms with E-state index in [1.807, 2.05) is 0 Å². The van der Waals surface area contributed by atoms with Crippen molar-refractivity contribution in [2.24, 2.45) is 0 Å². The van der Waals surface area contributed by atoms with E-state index in [1.165, 1.54) is 14.3 Å². The highest BCUT2D eigenvalue weighted by Gasteiger charge is 2.18. The van der Waals surface area contributed by atoms with Crippen molar-refractivity contribution in [3.8, 4) is 0 Å². The molecule has 0 bridgehead atoms. The summed E-state index contributed by atoms with van der Waals surface area (Å²) >= 11 is 2.33. The SMILES string of the molecule is C[Si](C)(/C=C/c1ccc(I)cc1)c1ccccc1. The summed E-state index contributed by atoms with van der Waals surface area (Å²) in [5, 5.41) is 1.48. The molecule has 18 heavy (non-hydrogen) atoms. The molecule has 0 unspecified atom stereocenters. The second-order valence-electron chi connectivity index (χ2n) is 4.97. The van der Waals surface area contributed by atoms with Crippen molar-refractivity contribution < 1.29 is 0 Å². The fraction of sp³-hybridized carbons (Fsp3) is 0.125. The van der Waals surface area contributed by atoms with Gasteiger partial charge in [-0.1, -0.05) is 72.5 Å². The highest BCUT2D eigenvalue weighted by molar-refractivity contribution is 14.1. The lowest BCUT2D eigenvalue weighted by Gasteiger charge is -2.18. The van der Waals surface area contributed by atoms with Gasteiger partial charge in [0.15, 0.2) is 0 Å². The fourth-order valence-electron chi connectivity index (χ4n) is 1.84. The average Bonchev–Trinajstić information content (AvgIpc) is 2.39. The van der Waals surface area contributed by atoms with Gasteiger partial charge in [-0.15, -0.1) is 0 Å². The quantitative estimate of drug-likeness (QED) is 0.557. The maximum atomic E-state index is 2.41. The van der Waals surface area contributed by atoms with E-state index in [-0.39, 0.29) is 0 Å². The van der Waals surface area contributed by atoms with Crippen LogP contribution in [0.1, 0.15) is 5.56 Å². The number of hydrogen-bond donors (Lipinski definition) is 0.